The monoisotopic (exact) mass is 343 g/mol. The maximum atomic E-state index is 12.7. The summed E-state index contributed by atoms with van der Waals surface area (Å²) < 4.78 is 7.95. The Morgan fingerprint density at radius 3 is 2.80 bits per heavy atom. The minimum atomic E-state index is -0.905. The van der Waals surface area contributed by atoms with Crippen molar-refractivity contribution in [2.45, 2.75) is 52.7 Å². The van der Waals surface area contributed by atoms with Crippen molar-refractivity contribution in [3.05, 3.63) is 40.7 Å². The number of carbonyl (C=O) groups is 1. The zero-order valence-corrected chi connectivity index (χ0v) is 15.2. The third-order valence-electron chi connectivity index (χ3n) is 5.19. The number of benzene rings is 1. The lowest BCUT2D eigenvalue weighted by Crippen LogP contribution is -2.51. The van der Waals surface area contributed by atoms with Gasteiger partial charge in [0.05, 0.1) is 6.54 Å². The highest BCUT2D eigenvalue weighted by molar-refractivity contribution is 5.85. The van der Waals surface area contributed by atoms with E-state index in [1.807, 2.05) is 40.0 Å². The zero-order valence-electron chi connectivity index (χ0n) is 15.2. The first-order valence-corrected chi connectivity index (χ1v) is 8.60. The molecule has 6 heteroatoms. The molecule has 2 N–H and O–H groups in total. The molecule has 2 heterocycles. The zero-order chi connectivity index (χ0) is 18.2. The van der Waals surface area contributed by atoms with Gasteiger partial charge >= 0.3 is 0 Å². The maximum Gasteiger partial charge on any atom is 0.263 e. The van der Waals surface area contributed by atoms with E-state index in [1.165, 1.54) is 0 Å². The summed E-state index contributed by atoms with van der Waals surface area (Å²) in [6.45, 7) is 8.65. The molecule has 1 aliphatic rings. The van der Waals surface area contributed by atoms with E-state index in [0.717, 1.165) is 28.0 Å². The fraction of sp³-hybridized carbons (Fsp3) is 0.474. The van der Waals surface area contributed by atoms with E-state index in [2.05, 4.69) is 10.4 Å². The Balaban J connectivity index is 1.75. The number of amides is 1. The van der Waals surface area contributed by atoms with E-state index in [-0.39, 0.29) is 5.91 Å². The van der Waals surface area contributed by atoms with Crippen LogP contribution in [-0.4, -0.2) is 32.9 Å². The Morgan fingerprint density at radius 2 is 2.12 bits per heavy atom. The van der Waals surface area contributed by atoms with Crippen molar-refractivity contribution in [1.29, 1.82) is 0 Å². The lowest BCUT2D eigenvalue weighted by Gasteiger charge is -2.36. The third-order valence-corrected chi connectivity index (χ3v) is 5.19. The van der Waals surface area contributed by atoms with Crippen LogP contribution in [0.1, 0.15) is 35.6 Å². The molecular weight excluding hydrogens is 318 g/mol. The van der Waals surface area contributed by atoms with Crippen LogP contribution in [0, 0.1) is 20.8 Å². The average Bonchev–Trinajstić information content (AvgIpc) is 3.11. The molecule has 0 radical (unpaired) electrons. The van der Waals surface area contributed by atoms with Crippen LogP contribution in [0.5, 0.6) is 11.5 Å². The van der Waals surface area contributed by atoms with Gasteiger partial charge in [-0.05, 0) is 56.9 Å². The summed E-state index contributed by atoms with van der Waals surface area (Å²) in [7, 11) is 0. The van der Waals surface area contributed by atoms with Crippen molar-refractivity contribution in [2.75, 3.05) is 6.54 Å². The van der Waals surface area contributed by atoms with Crippen LogP contribution in [0.3, 0.4) is 0 Å². The second kappa shape index (κ2) is 6.43. The molecule has 25 heavy (non-hydrogen) atoms. The van der Waals surface area contributed by atoms with Crippen molar-refractivity contribution >= 4 is 5.91 Å². The van der Waals surface area contributed by atoms with Gasteiger partial charge in [0.1, 0.15) is 11.5 Å². The van der Waals surface area contributed by atoms with Gasteiger partial charge in [0, 0.05) is 30.9 Å². The predicted octanol–water partition coefficient (Wildman–Crippen LogP) is 2.41. The summed E-state index contributed by atoms with van der Waals surface area (Å²) in [5, 5.41) is 17.3. The number of hydrogen-bond acceptors (Lipinski definition) is 4. The van der Waals surface area contributed by atoms with E-state index < -0.39 is 5.60 Å². The van der Waals surface area contributed by atoms with E-state index in [9.17, 15) is 9.90 Å². The Morgan fingerprint density at radius 1 is 1.36 bits per heavy atom. The molecular formula is C19H25N3O3. The fourth-order valence-corrected chi connectivity index (χ4v) is 3.31. The molecule has 1 amide bonds. The Hall–Kier alpha value is -2.50. The molecule has 3 rings (SSSR count). The Bertz CT molecular complexity index is 799. The number of nitrogens with one attached hydrogen (secondary N) is 1. The van der Waals surface area contributed by atoms with Gasteiger partial charge in [-0.2, -0.15) is 5.10 Å². The smallest absolute Gasteiger partial charge is 0.263 e. The summed E-state index contributed by atoms with van der Waals surface area (Å²) in [4.78, 5) is 12.7. The number of rotatable bonds is 4. The normalized spacial score (nSPS) is 19.2. The molecule has 2 aromatic rings. The van der Waals surface area contributed by atoms with Crippen LogP contribution in [0.4, 0.5) is 0 Å². The van der Waals surface area contributed by atoms with Crippen molar-refractivity contribution in [1.82, 2.24) is 15.1 Å². The SMILES string of the molecule is Cc1c(C)c2c(c(C)c1O)CC[C@@](C)(C(=O)NCCn1cccn1)O2. The quantitative estimate of drug-likeness (QED) is 0.894. The van der Waals surface area contributed by atoms with Gasteiger partial charge in [0.15, 0.2) is 5.60 Å². The van der Waals surface area contributed by atoms with E-state index in [4.69, 9.17) is 4.74 Å². The standard InChI is InChI=1S/C19H25N3O3/c1-12-13(2)17-15(14(3)16(12)23)6-7-19(4,25-17)18(24)20-9-11-22-10-5-8-21-22/h5,8,10,23H,6-7,9,11H2,1-4H3,(H,20,24)/t19-/m0/s1. The molecule has 0 saturated heterocycles. The van der Waals surface area contributed by atoms with Crippen LogP contribution < -0.4 is 10.1 Å². The van der Waals surface area contributed by atoms with Gasteiger partial charge in [0.25, 0.3) is 5.91 Å². The lowest BCUT2D eigenvalue weighted by molar-refractivity contribution is -0.136. The molecule has 134 valence electrons. The van der Waals surface area contributed by atoms with Crippen molar-refractivity contribution in [2.24, 2.45) is 0 Å². The summed E-state index contributed by atoms with van der Waals surface area (Å²) in [5.41, 5.74) is 2.65. The molecule has 0 saturated carbocycles. The van der Waals surface area contributed by atoms with Crippen LogP contribution in [-0.2, 0) is 17.8 Å². The highest BCUT2D eigenvalue weighted by Crippen LogP contribution is 2.43. The molecule has 0 fully saturated rings. The molecule has 6 nitrogen and oxygen atoms in total. The molecule has 1 aromatic carbocycles. The van der Waals surface area contributed by atoms with Gasteiger partial charge in [-0.15, -0.1) is 0 Å². The second-order valence-corrected chi connectivity index (χ2v) is 6.89. The highest BCUT2D eigenvalue weighted by Gasteiger charge is 2.40. The first-order valence-electron chi connectivity index (χ1n) is 8.60. The Labute approximate surface area is 147 Å². The van der Waals surface area contributed by atoms with Gasteiger partial charge in [-0.25, -0.2) is 0 Å². The van der Waals surface area contributed by atoms with Crippen molar-refractivity contribution in [3.63, 3.8) is 0 Å². The largest absolute Gasteiger partial charge is 0.507 e. The van der Waals surface area contributed by atoms with Gasteiger partial charge in [-0.3, -0.25) is 9.48 Å². The second-order valence-electron chi connectivity index (χ2n) is 6.89. The van der Waals surface area contributed by atoms with Crippen molar-refractivity contribution < 1.29 is 14.6 Å². The van der Waals surface area contributed by atoms with Crippen LogP contribution in [0.25, 0.3) is 0 Å². The first kappa shape index (κ1) is 17.3. The van der Waals surface area contributed by atoms with Crippen LogP contribution >= 0.6 is 0 Å². The number of ether oxygens (including phenoxy) is 1. The van der Waals surface area contributed by atoms with E-state index in [0.29, 0.717) is 31.7 Å². The van der Waals surface area contributed by atoms with E-state index >= 15 is 0 Å². The topological polar surface area (TPSA) is 76.4 Å². The number of phenolic OH excluding ortho intramolecular Hbond substituents is 1. The summed E-state index contributed by atoms with van der Waals surface area (Å²) >= 11 is 0. The molecule has 0 unspecified atom stereocenters. The number of fused-ring (bicyclic) bond motifs is 1. The first-order chi connectivity index (χ1) is 11.8. The average molecular weight is 343 g/mol. The number of hydrogen-bond donors (Lipinski definition) is 2. The molecule has 1 aliphatic heterocycles. The molecule has 0 aliphatic carbocycles. The summed E-state index contributed by atoms with van der Waals surface area (Å²) in [5.74, 6) is 0.948. The Kier molecular flexibility index (Phi) is 4.45. The lowest BCUT2D eigenvalue weighted by atomic mass is 9.86. The van der Waals surface area contributed by atoms with Gasteiger partial charge < -0.3 is 15.2 Å². The van der Waals surface area contributed by atoms with Crippen LogP contribution in [0.2, 0.25) is 0 Å². The minimum Gasteiger partial charge on any atom is -0.507 e. The molecule has 1 aromatic heterocycles. The number of aromatic nitrogens is 2. The highest BCUT2D eigenvalue weighted by atomic mass is 16.5. The van der Waals surface area contributed by atoms with Crippen molar-refractivity contribution in [3.8, 4) is 11.5 Å². The predicted molar refractivity (Wildman–Crippen MR) is 94.9 cm³/mol. The van der Waals surface area contributed by atoms with Gasteiger partial charge in [-0.1, -0.05) is 0 Å². The third kappa shape index (κ3) is 3.08. The molecule has 0 bridgehead atoms. The van der Waals surface area contributed by atoms with Gasteiger partial charge in [0.2, 0.25) is 0 Å². The molecule has 0 spiro atoms. The number of nitrogens with zero attached hydrogens (tertiary/aromatic N) is 2. The summed E-state index contributed by atoms with van der Waals surface area (Å²) in [6.07, 6.45) is 4.87. The number of carbonyl (C=O) groups excluding carboxylic acids is 1. The summed E-state index contributed by atoms with van der Waals surface area (Å²) in [6, 6.07) is 1.85. The molecule has 1 atom stereocenters. The maximum absolute atomic E-state index is 12.7. The minimum absolute atomic E-state index is 0.118. The fourth-order valence-electron chi connectivity index (χ4n) is 3.31. The number of phenols is 1. The number of aromatic hydroxyl groups is 1. The van der Waals surface area contributed by atoms with E-state index in [1.54, 1.807) is 10.9 Å². The van der Waals surface area contributed by atoms with Crippen LogP contribution in [0.15, 0.2) is 18.5 Å².